The molecule has 0 N–H and O–H groups in total. The second-order valence-electron chi connectivity index (χ2n) is 8.59. The molecule has 6 rings (SSSR count). The Bertz CT molecular complexity index is 1160. The van der Waals surface area contributed by atoms with E-state index in [1.807, 2.05) is 43.4 Å². The van der Waals surface area contributed by atoms with Crippen LogP contribution < -0.4 is 4.74 Å². The Morgan fingerprint density at radius 3 is 2.81 bits per heavy atom. The first kappa shape index (κ1) is 20.1. The smallest absolute Gasteiger partial charge is 0.257 e. The van der Waals surface area contributed by atoms with E-state index in [4.69, 9.17) is 16.3 Å². The quantitative estimate of drug-likeness (QED) is 0.609. The number of carbonyl (C=O) groups is 1. The van der Waals surface area contributed by atoms with Crippen molar-refractivity contribution in [2.45, 2.75) is 45.3 Å². The lowest BCUT2D eigenvalue weighted by atomic mass is 9.93. The molecule has 31 heavy (non-hydrogen) atoms. The second kappa shape index (κ2) is 7.68. The van der Waals surface area contributed by atoms with Crippen LogP contribution in [0.25, 0.3) is 11.3 Å². The third-order valence-corrected chi connectivity index (χ3v) is 6.85. The van der Waals surface area contributed by atoms with Gasteiger partial charge in [-0.05, 0) is 49.1 Å². The summed E-state index contributed by atoms with van der Waals surface area (Å²) in [4.78, 5) is 19.8. The molecule has 5 heterocycles. The lowest BCUT2D eigenvalue weighted by molar-refractivity contribution is 0.0349. The average molecular weight is 437 g/mol. The molecule has 7 heteroatoms. The maximum absolute atomic E-state index is 13.3. The van der Waals surface area contributed by atoms with Gasteiger partial charge in [0.2, 0.25) is 0 Å². The Kier molecular flexibility index (Phi) is 4.97. The molecule has 3 aliphatic rings. The predicted octanol–water partition coefficient (Wildman–Crippen LogP) is 4.42. The maximum Gasteiger partial charge on any atom is 0.257 e. The summed E-state index contributed by atoms with van der Waals surface area (Å²) in [5.41, 5.74) is 5.45. The first-order valence-electron chi connectivity index (χ1n) is 10.6. The largest absolute Gasteiger partial charge is 0.488 e. The van der Waals surface area contributed by atoms with Crippen LogP contribution in [0.15, 0.2) is 36.8 Å². The second-order valence-corrected chi connectivity index (χ2v) is 8.97. The summed E-state index contributed by atoms with van der Waals surface area (Å²) in [6, 6.07) is 6.19. The van der Waals surface area contributed by atoms with Gasteiger partial charge in [-0.3, -0.25) is 14.5 Å². The highest BCUT2D eigenvalue weighted by atomic mass is 35.5. The first-order chi connectivity index (χ1) is 14.9. The Morgan fingerprint density at radius 1 is 1.29 bits per heavy atom. The van der Waals surface area contributed by atoms with Gasteiger partial charge in [0, 0.05) is 50.4 Å². The Morgan fingerprint density at radius 2 is 2.13 bits per heavy atom. The van der Waals surface area contributed by atoms with Crippen molar-refractivity contribution in [3.8, 4) is 17.0 Å². The Hall–Kier alpha value is -2.86. The Labute approximate surface area is 186 Å². The molecule has 1 aromatic carbocycles. The highest BCUT2D eigenvalue weighted by molar-refractivity contribution is 6.33. The van der Waals surface area contributed by atoms with Crippen molar-refractivity contribution in [1.29, 1.82) is 0 Å². The fourth-order valence-electron chi connectivity index (χ4n) is 4.57. The molecule has 160 valence electrons. The molecule has 0 saturated carbocycles. The van der Waals surface area contributed by atoms with Crippen molar-refractivity contribution in [1.82, 2.24) is 19.7 Å². The van der Waals surface area contributed by atoms with E-state index < -0.39 is 0 Å². The molecule has 0 spiro atoms. The van der Waals surface area contributed by atoms with Gasteiger partial charge in [0.15, 0.2) is 5.75 Å². The van der Waals surface area contributed by atoms with Crippen molar-refractivity contribution in [2.75, 3.05) is 6.54 Å². The molecule has 0 aliphatic carbocycles. The third kappa shape index (κ3) is 3.59. The predicted molar refractivity (Wildman–Crippen MR) is 120 cm³/mol. The number of hydrogen-bond acceptors (Lipinski definition) is 4. The summed E-state index contributed by atoms with van der Waals surface area (Å²) in [5, 5.41) is 4.75. The van der Waals surface area contributed by atoms with Crippen LogP contribution >= 0.6 is 11.6 Å². The maximum atomic E-state index is 13.3. The van der Waals surface area contributed by atoms with Gasteiger partial charge in [0.1, 0.15) is 6.10 Å². The summed E-state index contributed by atoms with van der Waals surface area (Å²) < 4.78 is 8.01. The number of ether oxygens (including phenoxy) is 1. The van der Waals surface area contributed by atoms with Crippen LogP contribution in [0.4, 0.5) is 0 Å². The van der Waals surface area contributed by atoms with E-state index in [1.165, 1.54) is 0 Å². The number of rotatable bonds is 3. The minimum absolute atomic E-state index is 0.00819. The summed E-state index contributed by atoms with van der Waals surface area (Å²) in [7, 11) is 1.89. The topological polar surface area (TPSA) is 60.2 Å². The molecule has 2 aromatic heterocycles. The zero-order valence-corrected chi connectivity index (χ0v) is 18.7. The molecule has 2 bridgehead atoms. The van der Waals surface area contributed by atoms with E-state index in [-0.39, 0.29) is 18.1 Å². The summed E-state index contributed by atoms with van der Waals surface area (Å²) >= 11 is 6.73. The van der Waals surface area contributed by atoms with E-state index in [0.717, 1.165) is 47.3 Å². The zero-order valence-electron chi connectivity index (χ0n) is 17.9. The number of benzene rings is 1. The van der Waals surface area contributed by atoms with Crippen LogP contribution in [0.2, 0.25) is 5.02 Å². The molecule has 0 radical (unpaired) electrons. The third-order valence-electron chi connectivity index (χ3n) is 6.40. The fourth-order valence-corrected chi connectivity index (χ4v) is 4.84. The van der Waals surface area contributed by atoms with Crippen molar-refractivity contribution < 1.29 is 9.53 Å². The Balaban J connectivity index is 1.48. The number of amides is 1. The number of piperidine rings is 1. The van der Waals surface area contributed by atoms with E-state index >= 15 is 0 Å². The minimum atomic E-state index is 0.00819. The minimum Gasteiger partial charge on any atom is -0.488 e. The van der Waals surface area contributed by atoms with Crippen LogP contribution in [0.1, 0.15) is 46.8 Å². The highest BCUT2D eigenvalue weighted by Gasteiger charge is 2.36. The van der Waals surface area contributed by atoms with Crippen molar-refractivity contribution >= 4 is 17.5 Å². The SMILES string of the molecule is Cc1c(Cc2ccc(-c3cnn(C)c3)nc2)cc2c(c1Cl)O[C@@H]1CCN(C2=O)[C@H](C)C1. The number of fused-ring (bicyclic) bond motifs is 2. The number of pyridine rings is 1. The van der Waals surface area contributed by atoms with Crippen molar-refractivity contribution in [2.24, 2.45) is 7.05 Å². The number of halogens is 1. The molecule has 0 unspecified atom stereocenters. The molecule has 1 amide bonds. The first-order valence-corrected chi connectivity index (χ1v) is 11.0. The molecule has 6 nitrogen and oxygen atoms in total. The van der Waals surface area contributed by atoms with Gasteiger partial charge in [-0.2, -0.15) is 5.10 Å². The number of nitrogens with zero attached hydrogens (tertiary/aromatic N) is 4. The van der Waals surface area contributed by atoms with Gasteiger partial charge in [0.05, 0.1) is 22.5 Å². The summed E-state index contributed by atoms with van der Waals surface area (Å²) in [6.07, 6.45) is 8.06. The van der Waals surface area contributed by atoms with E-state index in [1.54, 1.807) is 10.9 Å². The van der Waals surface area contributed by atoms with Crippen molar-refractivity contribution in [3.05, 3.63) is 64.1 Å². The molecular formula is C24H25ClN4O2. The molecule has 1 fully saturated rings. The number of aryl methyl sites for hydroxylation is 1. The lowest BCUT2D eigenvalue weighted by Crippen LogP contribution is -2.49. The van der Waals surface area contributed by atoms with Crippen LogP contribution in [0.3, 0.4) is 0 Å². The number of hydrogen-bond donors (Lipinski definition) is 0. The molecule has 1 saturated heterocycles. The van der Waals surface area contributed by atoms with Gasteiger partial charge in [-0.1, -0.05) is 17.7 Å². The van der Waals surface area contributed by atoms with Gasteiger partial charge in [0.25, 0.3) is 5.91 Å². The number of aromatic nitrogens is 3. The molecule has 3 aromatic rings. The van der Waals surface area contributed by atoms with E-state index in [9.17, 15) is 4.79 Å². The van der Waals surface area contributed by atoms with Gasteiger partial charge >= 0.3 is 0 Å². The lowest BCUT2D eigenvalue weighted by Gasteiger charge is -2.41. The summed E-state index contributed by atoms with van der Waals surface area (Å²) in [6.45, 7) is 4.80. The van der Waals surface area contributed by atoms with E-state index in [2.05, 4.69) is 23.1 Å². The highest BCUT2D eigenvalue weighted by Crippen LogP contribution is 2.40. The fraction of sp³-hybridized carbons (Fsp3) is 0.375. The van der Waals surface area contributed by atoms with Crippen molar-refractivity contribution in [3.63, 3.8) is 0 Å². The normalized spacial score (nSPS) is 20.3. The van der Waals surface area contributed by atoms with Crippen LogP contribution in [0, 0.1) is 6.92 Å². The molecule has 2 atom stereocenters. The van der Waals surface area contributed by atoms with Gasteiger partial charge < -0.3 is 9.64 Å². The van der Waals surface area contributed by atoms with Crippen LogP contribution in [-0.4, -0.2) is 44.3 Å². The molecule has 3 aliphatic heterocycles. The average Bonchev–Trinajstić information content (AvgIpc) is 3.19. The van der Waals surface area contributed by atoms with Gasteiger partial charge in [-0.15, -0.1) is 0 Å². The zero-order chi connectivity index (χ0) is 21.7. The van der Waals surface area contributed by atoms with E-state index in [0.29, 0.717) is 22.8 Å². The number of carbonyl (C=O) groups excluding carboxylic acids is 1. The summed E-state index contributed by atoms with van der Waals surface area (Å²) in [5.74, 6) is 0.549. The monoisotopic (exact) mass is 436 g/mol. The standard InChI is InChI=1S/C24H25ClN4O2/c1-14-8-19-6-7-29(14)24(30)20-10-17(15(2)22(25)23(20)31-19)9-16-4-5-21(26-11-16)18-12-27-28(3)13-18/h4-5,10-14,19H,6-9H2,1-3H3/t14-,19-/m1/s1. The molecular weight excluding hydrogens is 412 g/mol. The van der Waals surface area contributed by atoms with Crippen LogP contribution in [-0.2, 0) is 13.5 Å². The van der Waals surface area contributed by atoms with Crippen LogP contribution in [0.5, 0.6) is 5.75 Å². The van der Waals surface area contributed by atoms with Gasteiger partial charge in [-0.25, -0.2) is 0 Å².